The summed E-state index contributed by atoms with van der Waals surface area (Å²) in [6.45, 7) is 3.66. The van der Waals surface area contributed by atoms with E-state index in [1.54, 1.807) is 25.4 Å². The molecule has 4 N–H and O–H groups in total. The van der Waals surface area contributed by atoms with Crippen molar-refractivity contribution in [1.29, 1.82) is 0 Å². The third-order valence-electron chi connectivity index (χ3n) is 6.23. The van der Waals surface area contributed by atoms with Gasteiger partial charge in [0.15, 0.2) is 11.6 Å². The van der Waals surface area contributed by atoms with E-state index in [2.05, 4.69) is 15.0 Å². The molecule has 0 bridgehead atoms. The van der Waals surface area contributed by atoms with Crippen LogP contribution in [-0.2, 0) is 10.0 Å². The number of likely N-dealkylation sites (tertiary alicyclic amines) is 1. The lowest BCUT2D eigenvalue weighted by Crippen LogP contribution is -2.38. The van der Waals surface area contributed by atoms with E-state index in [9.17, 15) is 12.8 Å². The summed E-state index contributed by atoms with van der Waals surface area (Å²) in [6, 6.07) is 4.56. The SMILES string of the molecule is C[C@@H](Oc1cc(-c2cnn(C3CCN(CCS(N)(=O)=O)CC3)c2)cnc1N)c1c(Cl)ccc(F)c1Cl. The Labute approximate surface area is 219 Å². The van der Waals surface area contributed by atoms with Crippen LogP contribution < -0.4 is 15.6 Å². The van der Waals surface area contributed by atoms with Crippen LogP contribution in [0.25, 0.3) is 11.1 Å². The molecular formula is C23H27Cl2FN6O3S. The molecule has 0 unspecified atom stereocenters. The number of nitrogens with zero attached hydrogens (tertiary/aromatic N) is 4. The zero-order valence-corrected chi connectivity index (χ0v) is 21.9. The summed E-state index contributed by atoms with van der Waals surface area (Å²) in [5, 5.41) is 9.82. The number of nitrogens with two attached hydrogens (primary N) is 2. The third kappa shape index (κ3) is 6.27. The molecule has 0 spiro atoms. The maximum Gasteiger partial charge on any atom is 0.210 e. The summed E-state index contributed by atoms with van der Waals surface area (Å²) in [7, 11) is -3.47. The van der Waals surface area contributed by atoms with Gasteiger partial charge < -0.3 is 15.4 Å². The van der Waals surface area contributed by atoms with Gasteiger partial charge in [0.1, 0.15) is 11.9 Å². The zero-order chi connectivity index (χ0) is 26.0. The van der Waals surface area contributed by atoms with E-state index >= 15 is 0 Å². The Morgan fingerprint density at radius 1 is 1.22 bits per heavy atom. The molecule has 36 heavy (non-hydrogen) atoms. The van der Waals surface area contributed by atoms with Gasteiger partial charge >= 0.3 is 0 Å². The molecule has 1 aliphatic heterocycles. The number of anilines is 1. The molecule has 0 aliphatic carbocycles. The highest BCUT2D eigenvalue weighted by Crippen LogP contribution is 2.37. The maximum absolute atomic E-state index is 14.0. The highest BCUT2D eigenvalue weighted by molar-refractivity contribution is 7.89. The first-order chi connectivity index (χ1) is 17.0. The molecule has 0 radical (unpaired) electrons. The predicted molar refractivity (Wildman–Crippen MR) is 138 cm³/mol. The number of pyridine rings is 1. The fourth-order valence-corrected chi connectivity index (χ4v) is 5.41. The van der Waals surface area contributed by atoms with E-state index in [0.29, 0.717) is 17.9 Å². The molecule has 2 aromatic heterocycles. The normalized spacial score (nSPS) is 16.2. The minimum absolute atomic E-state index is 0.0473. The quantitative estimate of drug-likeness (QED) is 0.400. The number of sulfonamides is 1. The first-order valence-corrected chi connectivity index (χ1v) is 13.8. The Balaban J connectivity index is 1.45. The van der Waals surface area contributed by atoms with Crippen molar-refractivity contribution in [3.8, 4) is 16.9 Å². The number of rotatable bonds is 8. The van der Waals surface area contributed by atoms with Crippen molar-refractivity contribution < 1.29 is 17.5 Å². The molecule has 194 valence electrons. The molecule has 9 nitrogen and oxygen atoms in total. The van der Waals surface area contributed by atoms with Crippen LogP contribution in [0.15, 0.2) is 36.8 Å². The van der Waals surface area contributed by atoms with Crippen molar-refractivity contribution >= 4 is 39.0 Å². The second-order valence-corrected chi connectivity index (χ2v) is 11.3. The van der Waals surface area contributed by atoms with Gasteiger partial charge in [0.05, 0.1) is 23.0 Å². The van der Waals surface area contributed by atoms with Gasteiger partial charge in [-0.1, -0.05) is 23.2 Å². The number of primary sulfonamides is 1. The zero-order valence-electron chi connectivity index (χ0n) is 19.6. The molecule has 3 heterocycles. The van der Waals surface area contributed by atoms with Gasteiger partial charge in [-0.05, 0) is 38.0 Å². The van der Waals surface area contributed by atoms with Crippen LogP contribution in [0, 0.1) is 5.82 Å². The van der Waals surface area contributed by atoms with Crippen LogP contribution >= 0.6 is 23.2 Å². The number of piperidine rings is 1. The Morgan fingerprint density at radius 3 is 2.64 bits per heavy atom. The van der Waals surface area contributed by atoms with Crippen LogP contribution in [-0.4, -0.2) is 53.5 Å². The Morgan fingerprint density at radius 2 is 1.94 bits per heavy atom. The number of nitrogen functional groups attached to an aromatic ring is 1. The van der Waals surface area contributed by atoms with E-state index < -0.39 is 21.9 Å². The Bertz CT molecular complexity index is 1350. The lowest BCUT2D eigenvalue weighted by Gasteiger charge is -2.31. The predicted octanol–water partition coefficient (Wildman–Crippen LogP) is 4.04. The largest absolute Gasteiger partial charge is 0.482 e. The van der Waals surface area contributed by atoms with Crippen molar-refractivity contribution in [3.05, 3.63) is 58.2 Å². The molecule has 1 fully saturated rings. The minimum atomic E-state index is -3.47. The van der Waals surface area contributed by atoms with Crippen molar-refractivity contribution in [2.75, 3.05) is 31.1 Å². The fraction of sp³-hybridized carbons (Fsp3) is 0.391. The summed E-state index contributed by atoms with van der Waals surface area (Å²) < 4.78 is 44.3. The molecule has 0 saturated carbocycles. The minimum Gasteiger partial charge on any atom is -0.482 e. The number of halogens is 3. The number of benzene rings is 1. The lowest BCUT2D eigenvalue weighted by atomic mass is 10.1. The second kappa shape index (κ2) is 10.9. The van der Waals surface area contributed by atoms with E-state index in [1.807, 2.05) is 10.9 Å². The van der Waals surface area contributed by atoms with Crippen LogP contribution in [0.5, 0.6) is 5.75 Å². The van der Waals surface area contributed by atoms with E-state index in [-0.39, 0.29) is 27.7 Å². The van der Waals surface area contributed by atoms with Gasteiger partial charge in [-0.25, -0.2) is 22.9 Å². The molecule has 1 atom stereocenters. The van der Waals surface area contributed by atoms with Crippen LogP contribution in [0.3, 0.4) is 0 Å². The van der Waals surface area contributed by atoms with Gasteiger partial charge in [0.25, 0.3) is 0 Å². The number of aromatic nitrogens is 3. The molecule has 13 heteroatoms. The molecule has 1 aliphatic rings. The van der Waals surface area contributed by atoms with Crippen LogP contribution in [0.4, 0.5) is 10.2 Å². The summed E-state index contributed by atoms with van der Waals surface area (Å²) in [4.78, 5) is 6.34. The molecule has 4 rings (SSSR count). The van der Waals surface area contributed by atoms with Crippen molar-refractivity contribution in [1.82, 2.24) is 19.7 Å². The first kappa shape index (κ1) is 26.6. The summed E-state index contributed by atoms with van der Waals surface area (Å²) in [6.07, 6.45) is 6.31. The highest BCUT2D eigenvalue weighted by atomic mass is 35.5. The monoisotopic (exact) mass is 556 g/mol. The molecule has 0 amide bonds. The summed E-state index contributed by atoms with van der Waals surface area (Å²) in [5.74, 6) is -0.149. The summed E-state index contributed by atoms with van der Waals surface area (Å²) in [5.41, 5.74) is 7.95. The number of ether oxygens (including phenoxy) is 1. The van der Waals surface area contributed by atoms with E-state index in [0.717, 1.165) is 37.1 Å². The number of hydrogen-bond donors (Lipinski definition) is 2. The van der Waals surface area contributed by atoms with E-state index in [4.69, 9.17) is 38.8 Å². The molecule has 3 aromatic rings. The molecular weight excluding hydrogens is 530 g/mol. The smallest absolute Gasteiger partial charge is 0.210 e. The summed E-state index contributed by atoms with van der Waals surface area (Å²) >= 11 is 12.3. The topological polar surface area (TPSA) is 129 Å². The first-order valence-electron chi connectivity index (χ1n) is 11.3. The van der Waals surface area contributed by atoms with E-state index in [1.165, 1.54) is 12.1 Å². The van der Waals surface area contributed by atoms with Crippen molar-refractivity contribution in [3.63, 3.8) is 0 Å². The molecule has 1 aromatic carbocycles. The average Bonchev–Trinajstić information content (AvgIpc) is 3.32. The lowest BCUT2D eigenvalue weighted by molar-refractivity contribution is 0.188. The third-order valence-corrected chi connectivity index (χ3v) is 7.69. The van der Waals surface area contributed by atoms with Gasteiger partial charge in [-0.15, -0.1) is 0 Å². The number of hydrogen-bond acceptors (Lipinski definition) is 7. The van der Waals surface area contributed by atoms with Crippen LogP contribution in [0.1, 0.15) is 37.5 Å². The Hall–Kier alpha value is -2.44. The van der Waals surface area contributed by atoms with Gasteiger partial charge in [0, 0.05) is 53.7 Å². The fourth-order valence-electron chi connectivity index (χ4n) is 4.22. The van der Waals surface area contributed by atoms with Crippen LogP contribution in [0.2, 0.25) is 10.0 Å². The van der Waals surface area contributed by atoms with Gasteiger partial charge in [0.2, 0.25) is 10.0 Å². The maximum atomic E-state index is 14.0. The van der Waals surface area contributed by atoms with Crippen molar-refractivity contribution in [2.24, 2.45) is 5.14 Å². The standard InChI is InChI=1S/C23H27Cl2FN6O3S/c1-14(21-18(24)2-3-19(26)22(21)25)35-20-10-15(11-29-23(20)27)16-12-30-32(13-16)17-4-6-31(7-5-17)8-9-36(28,33)34/h2-3,10-14,17H,4-9H2,1H3,(H2,27,29)(H2,28,33,34)/t14-/m1/s1. The Kier molecular flexibility index (Phi) is 8.06. The average molecular weight is 557 g/mol. The van der Waals surface area contributed by atoms with Gasteiger partial charge in [-0.2, -0.15) is 5.10 Å². The van der Waals surface area contributed by atoms with Crippen molar-refractivity contribution in [2.45, 2.75) is 31.9 Å². The molecule has 1 saturated heterocycles. The second-order valence-electron chi connectivity index (χ2n) is 8.77. The highest BCUT2D eigenvalue weighted by Gasteiger charge is 2.23. The van der Waals surface area contributed by atoms with Gasteiger partial charge in [-0.3, -0.25) is 4.68 Å².